The van der Waals surface area contributed by atoms with E-state index in [-0.39, 0.29) is 12.0 Å². The number of nitrogens with one attached hydrogen (secondary N) is 1. The lowest BCUT2D eigenvalue weighted by molar-refractivity contribution is -0.145. The summed E-state index contributed by atoms with van der Waals surface area (Å²) < 4.78 is 4.95. The van der Waals surface area contributed by atoms with E-state index in [1.54, 1.807) is 0 Å². The molecule has 0 saturated carbocycles. The topological polar surface area (TPSA) is 38.3 Å². The molecule has 0 aliphatic rings. The monoisotopic (exact) mass is 229 g/mol. The Labute approximate surface area is 99.9 Å². The van der Waals surface area contributed by atoms with Crippen molar-refractivity contribution in [2.75, 3.05) is 6.61 Å². The second-order valence-corrected chi connectivity index (χ2v) is 4.39. The zero-order chi connectivity index (χ0) is 12.4. The molecule has 3 nitrogen and oxygen atoms in total. The first-order valence-corrected chi connectivity index (χ1v) is 6.54. The van der Waals surface area contributed by atoms with Crippen LogP contribution in [-0.4, -0.2) is 24.7 Å². The molecule has 0 aromatic carbocycles. The van der Waals surface area contributed by atoms with Gasteiger partial charge in [-0.3, -0.25) is 4.79 Å². The summed E-state index contributed by atoms with van der Waals surface area (Å²) in [6.07, 6.45) is 6.22. The van der Waals surface area contributed by atoms with Gasteiger partial charge in [-0.1, -0.05) is 32.6 Å². The van der Waals surface area contributed by atoms with Gasteiger partial charge in [0, 0.05) is 6.04 Å². The van der Waals surface area contributed by atoms with Crippen molar-refractivity contribution in [1.29, 1.82) is 0 Å². The molecule has 0 aliphatic carbocycles. The minimum atomic E-state index is -0.193. The highest BCUT2D eigenvalue weighted by atomic mass is 16.5. The first kappa shape index (κ1) is 15.4. The van der Waals surface area contributed by atoms with Gasteiger partial charge in [0.25, 0.3) is 0 Å². The maximum atomic E-state index is 11.4. The fourth-order valence-corrected chi connectivity index (χ4v) is 1.72. The zero-order valence-electron chi connectivity index (χ0n) is 11.2. The largest absolute Gasteiger partial charge is 0.465 e. The Morgan fingerprint density at radius 3 is 2.44 bits per heavy atom. The molecule has 0 aromatic heterocycles. The van der Waals surface area contributed by atoms with Crippen LogP contribution in [0.4, 0.5) is 0 Å². The second kappa shape index (κ2) is 9.64. The third-order valence-corrected chi connectivity index (χ3v) is 2.67. The predicted molar refractivity (Wildman–Crippen MR) is 67.5 cm³/mol. The van der Waals surface area contributed by atoms with Crippen molar-refractivity contribution in [2.45, 2.75) is 71.9 Å². The molecule has 3 heteroatoms. The minimum absolute atomic E-state index is 0.150. The Balaban J connectivity index is 3.60. The van der Waals surface area contributed by atoms with Crippen LogP contribution < -0.4 is 5.32 Å². The van der Waals surface area contributed by atoms with E-state index in [4.69, 9.17) is 4.74 Å². The number of ether oxygens (including phenoxy) is 1. The molecule has 16 heavy (non-hydrogen) atoms. The summed E-state index contributed by atoms with van der Waals surface area (Å²) in [6, 6.07) is 0.192. The van der Waals surface area contributed by atoms with Crippen molar-refractivity contribution in [3.63, 3.8) is 0 Å². The van der Waals surface area contributed by atoms with E-state index >= 15 is 0 Å². The molecule has 0 aliphatic heterocycles. The van der Waals surface area contributed by atoms with Crippen LogP contribution in [0.5, 0.6) is 0 Å². The van der Waals surface area contributed by atoms with Gasteiger partial charge in [0.05, 0.1) is 6.61 Å². The van der Waals surface area contributed by atoms with Crippen molar-refractivity contribution in [3.05, 3.63) is 0 Å². The molecule has 0 heterocycles. The van der Waals surface area contributed by atoms with E-state index in [2.05, 4.69) is 19.2 Å². The third kappa shape index (κ3) is 7.69. The summed E-state index contributed by atoms with van der Waals surface area (Å²) in [4.78, 5) is 11.4. The van der Waals surface area contributed by atoms with Crippen LogP contribution in [0.2, 0.25) is 0 Å². The van der Waals surface area contributed by atoms with E-state index in [0.29, 0.717) is 12.6 Å². The number of esters is 1. The summed E-state index contributed by atoms with van der Waals surface area (Å²) in [5.41, 5.74) is 0. The molecule has 0 fully saturated rings. The number of hydrogen-bond donors (Lipinski definition) is 1. The van der Waals surface area contributed by atoms with Crippen molar-refractivity contribution in [1.82, 2.24) is 5.32 Å². The molecule has 96 valence electrons. The summed E-state index contributed by atoms with van der Waals surface area (Å²) >= 11 is 0. The summed E-state index contributed by atoms with van der Waals surface area (Å²) in [5.74, 6) is -0.150. The van der Waals surface area contributed by atoms with E-state index in [0.717, 1.165) is 6.42 Å². The van der Waals surface area contributed by atoms with Crippen molar-refractivity contribution < 1.29 is 9.53 Å². The molecule has 0 spiro atoms. The average molecular weight is 229 g/mol. The Hall–Kier alpha value is -0.570. The van der Waals surface area contributed by atoms with Crippen molar-refractivity contribution in [3.8, 4) is 0 Å². The minimum Gasteiger partial charge on any atom is -0.465 e. The fraction of sp³-hybridized carbons (Fsp3) is 0.923. The quantitative estimate of drug-likeness (QED) is 0.488. The number of unbranched alkanes of at least 4 members (excludes halogenated alkanes) is 3. The van der Waals surface area contributed by atoms with Crippen molar-refractivity contribution >= 4 is 5.97 Å². The standard InChI is InChI=1S/C13H27NO2/c1-5-7-8-9-10-11(3)14-12(4)13(15)16-6-2/h11-12,14H,5-10H2,1-4H3. The van der Waals surface area contributed by atoms with Crippen LogP contribution in [0.25, 0.3) is 0 Å². The SMILES string of the molecule is CCCCCCC(C)NC(C)C(=O)OCC. The molecule has 0 radical (unpaired) electrons. The highest BCUT2D eigenvalue weighted by molar-refractivity contribution is 5.75. The molecule has 0 amide bonds. The summed E-state index contributed by atoms with van der Waals surface area (Å²) in [7, 11) is 0. The maximum Gasteiger partial charge on any atom is 0.322 e. The molecular weight excluding hydrogens is 202 g/mol. The van der Waals surface area contributed by atoms with Gasteiger partial charge < -0.3 is 10.1 Å². The molecule has 0 bridgehead atoms. The summed E-state index contributed by atoms with van der Waals surface area (Å²) in [5, 5.41) is 3.27. The van der Waals surface area contributed by atoms with Gasteiger partial charge >= 0.3 is 5.97 Å². The van der Waals surface area contributed by atoms with Crippen LogP contribution in [0.1, 0.15) is 59.8 Å². The Morgan fingerprint density at radius 1 is 1.19 bits per heavy atom. The van der Waals surface area contributed by atoms with E-state index in [9.17, 15) is 4.79 Å². The Kier molecular flexibility index (Phi) is 9.30. The summed E-state index contributed by atoms with van der Waals surface area (Å²) in [6.45, 7) is 8.49. The van der Waals surface area contributed by atoms with Gasteiger partial charge in [-0.15, -0.1) is 0 Å². The maximum absolute atomic E-state index is 11.4. The zero-order valence-corrected chi connectivity index (χ0v) is 11.2. The van der Waals surface area contributed by atoms with Gasteiger partial charge in [0.1, 0.15) is 6.04 Å². The Morgan fingerprint density at radius 2 is 1.88 bits per heavy atom. The van der Waals surface area contributed by atoms with Crippen molar-refractivity contribution in [2.24, 2.45) is 0 Å². The molecule has 1 N–H and O–H groups in total. The first-order valence-electron chi connectivity index (χ1n) is 6.54. The normalized spacial score (nSPS) is 14.5. The number of carbonyl (C=O) groups is 1. The highest BCUT2D eigenvalue weighted by Crippen LogP contribution is 2.06. The molecule has 0 aromatic rings. The van der Waals surface area contributed by atoms with Crippen LogP contribution >= 0.6 is 0 Å². The lowest BCUT2D eigenvalue weighted by atomic mass is 10.1. The van der Waals surface area contributed by atoms with Crippen LogP contribution in [0.15, 0.2) is 0 Å². The first-order chi connectivity index (χ1) is 7.61. The van der Waals surface area contributed by atoms with Crippen LogP contribution in [-0.2, 0) is 9.53 Å². The van der Waals surface area contributed by atoms with Crippen LogP contribution in [0, 0.1) is 0 Å². The van der Waals surface area contributed by atoms with Gasteiger partial charge in [-0.2, -0.15) is 0 Å². The number of rotatable bonds is 9. The molecule has 0 rings (SSSR count). The molecule has 0 saturated heterocycles. The van der Waals surface area contributed by atoms with Crippen LogP contribution in [0.3, 0.4) is 0 Å². The lowest BCUT2D eigenvalue weighted by Crippen LogP contribution is -2.40. The highest BCUT2D eigenvalue weighted by Gasteiger charge is 2.15. The Bertz CT molecular complexity index is 183. The molecular formula is C13H27NO2. The smallest absolute Gasteiger partial charge is 0.322 e. The second-order valence-electron chi connectivity index (χ2n) is 4.39. The predicted octanol–water partition coefficient (Wildman–Crippen LogP) is 2.89. The van der Waals surface area contributed by atoms with Gasteiger partial charge in [-0.25, -0.2) is 0 Å². The van der Waals surface area contributed by atoms with E-state index in [1.165, 1.54) is 25.7 Å². The fourth-order valence-electron chi connectivity index (χ4n) is 1.72. The average Bonchev–Trinajstić information content (AvgIpc) is 2.24. The number of hydrogen-bond acceptors (Lipinski definition) is 3. The van der Waals surface area contributed by atoms with Gasteiger partial charge in [0.15, 0.2) is 0 Å². The lowest BCUT2D eigenvalue weighted by Gasteiger charge is -2.18. The van der Waals surface area contributed by atoms with Gasteiger partial charge in [0.2, 0.25) is 0 Å². The third-order valence-electron chi connectivity index (χ3n) is 2.67. The van der Waals surface area contributed by atoms with Gasteiger partial charge in [-0.05, 0) is 27.2 Å². The molecule has 2 atom stereocenters. The van der Waals surface area contributed by atoms with E-state index in [1.807, 2.05) is 13.8 Å². The molecule has 2 unspecified atom stereocenters. The number of carbonyl (C=O) groups excluding carboxylic acids is 1. The van der Waals surface area contributed by atoms with E-state index < -0.39 is 0 Å².